The van der Waals surface area contributed by atoms with Gasteiger partial charge in [0.1, 0.15) is 0 Å². The van der Waals surface area contributed by atoms with Gasteiger partial charge in [-0.2, -0.15) is 19.7 Å². The lowest BCUT2D eigenvalue weighted by molar-refractivity contribution is 0.0685. The summed E-state index contributed by atoms with van der Waals surface area (Å²) in [6.07, 6.45) is 0.898. The number of aromatic nitrogens is 5. The van der Waals surface area contributed by atoms with Gasteiger partial charge in [-0.05, 0) is 18.1 Å². The summed E-state index contributed by atoms with van der Waals surface area (Å²) in [5, 5.41) is 18.1. The van der Waals surface area contributed by atoms with Crippen LogP contribution in [0.2, 0.25) is 20.3 Å². The molecule has 0 spiro atoms. The van der Waals surface area contributed by atoms with Crippen LogP contribution in [0.15, 0.2) is 27.9 Å². The molecule has 12 radical (unpaired) electrons. The minimum Gasteiger partial charge on any atom is -0.504 e. The molecule has 11 nitrogen and oxygen atoms in total. The average Bonchev–Trinajstić information content (AvgIpc) is 2.70. The number of rotatable bonds is 7. The SMILES string of the molecule is [B]C([B])([B])C(c1nc(Oc2c(Cl)cc(-n3nc(C(=O)O)c(=O)[nH]c3=O)cc2Cl)ncc1O)C([B])([B])[B]. The van der Waals surface area contributed by atoms with E-state index in [1.54, 1.807) is 0 Å². The molecule has 2 aromatic heterocycles. The Morgan fingerprint density at radius 3 is 2.14 bits per heavy atom. The van der Waals surface area contributed by atoms with E-state index in [0.717, 1.165) is 18.3 Å². The van der Waals surface area contributed by atoms with Gasteiger partial charge in [0, 0.05) is 0 Å². The van der Waals surface area contributed by atoms with E-state index in [0.29, 0.717) is 4.68 Å². The quantitative estimate of drug-likeness (QED) is 0.353. The molecule has 0 saturated heterocycles. The average molecular weight is 513 g/mol. The zero-order chi connectivity index (χ0) is 27.2. The predicted molar refractivity (Wildman–Crippen MR) is 134 cm³/mol. The number of carbonyl (C=O) groups is 1. The zero-order valence-corrected chi connectivity index (χ0v) is 19.4. The van der Waals surface area contributed by atoms with E-state index < -0.39 is 50.8 Å². The predicted octanol–water partition coefficient (Wildman–Crippen LogP) is -0.544. The van der Waals surface area contributed by atoms with Crippen LogP contribution in [0.3, 0.4) is 0 Å². The number of aromatic amines is 1. The number of aromatic hydroxyl groups is 1. The van der Waals surface area contributed by atoms with Gasteiger partial charge in [-0.15, -0.1) is 10.2 Å². The first-order valence-electron chi connectivity index (χ1n) is 9.44. The van der Waals surface area contributed by atoms with E-state index in [-0.39, 0.29) is 27.2 Å². The summed E-state index contributed by atoms with van der Waals surface area (Å²) in [6, 6.07) is 1.80. The molecule has 0 unspecified atom stereocenters. The van der Waals surface area contributed by atoms with Gasteiger partial charge in [-0.1, -0.05) is 23.2 Å². The number of nitrogens with one attached hydrogen (secondary N) is 1. The molecule has 0 aliphatic carbocycles. The van der Waals surface area contributed by atoms with E-state index in [9.17, 15) is 19.5 Å². The van der Waals surface area contributed by atoms with Crippen LogP contribution in [0.5, 0.6) is 17.5 Å². The van der Waals surface area contributed by atoms with Gasteiger partial charge >= 0.3 is 17.7 Å². The van der Waals surface area contributed by atoms with Crippen molar-refractivity contribution in [3.63, 3.8) is 0 Å². The van der Waals surface area contributed by atoms with Gasteiger partial charge in [-0.25, -0.2) is 9.59 Å². The highest BCUT2D eigenvalue weighted by molar-refractivity contribution is 6.64. The van der Waals surface area contributed by atoms with Crippen molar-refractivity contribution in [2.75, 3.05) is 0 Å². The van der Waals surface area contributed by atoms with Gasteiger partial charge in [-0.3, -0.25) is 9.78 Å². The number of H-pyrrole nitrogens is 1. The molecule has 0 saturated carbocycles. The number of carboxylic acids is 1. The summed E-state index contributed by atoms with van der Waals surface area (Å²) < 4.78 is 6.07. The van der Waals surface area contributed by atoms with Crippen molar-refractivity contribution in [2.24, 2.45) is 0 Å². The molecule has 0 fully saturated rings. The molecule has 3 aromatic rings. The van der Waals surface area contributed by atoms with Gasteiger partial charge in [0.05, 0.1) is 74.7 Å². The fourth-order valence-corrected chi connectivity index (χ4v) is 3.67. The van der Waals surface area contributed by atoms with E-state index >= 15 is 0 Å². The standard InChI is InChI=1S/C17H7B6Cl2N5O6/c18-16(19,20)11(17(21,22)23)8-7(31)3-26-14(27-8)36-10-5(24)1-4(2-6(10)25)30-15(35)28-12(32)9(29-30)13(33)34/h1-3,11,31H,(H,33,34)(H,28,32,35). The molecule has 0 bridgehead atoms. The summed E-state index contributed by atoms with van der Waals surface area (Å²) >= 11 is 12.5. The summed E-state index contributed by atoms with van der Waals surface area (Å²) in [5.74, 6) is -3.97. The molecule has 0 aliphatic heterocycles. The second-order valence-electron chi connectivity index (χ2n) is 7.52. The number of aromatic carboxylic acids is 1. The molecular formula is C17H7B6Cl2N5O6. The second kappa shape index (κ2) is 9.78. The van der Waals surface area contributed by atoms with E-state index in [1.807, 2.05) is 4.98 Å². The molecule has 1 aromatic carbocycles. The Morgan fingerprint density at radius 1 is 1.08 bits per heavy atom. The first-order valence-corrected chi connectivity index (χ1v) is 10.2. The lowest BCUT2D eigenvalue weighted by Crippen LogP contribution is -2.35. The smallest absolute Gasteiger partial charge is 0.362 e. The number of carboxylic acid groups (broad SMARTS) is 1. The van der Waals surface area contributed by atoms with Crippen LogP contribution in [0.4, 0.5) is 0 Å². The lowest BCUT2D eigenvalue weighted by atomic mass is 9.25. The maximum atomic E-state index is 12.1. The molecule has 3 N–H and O–H groups in total. The number of nitrogens with zero attached hydrogens (tertiary/aromatic N) is 4. The first kappa shape index (κ1) is 27.5. The Balaban J connectivity index is 2.06. The molecule has 168 valence electrons. The highest BCUT2D eigenvalue weighted by Gasteiger charge is 2.37. The Bertz CT molecular complexity index is 1440. The van der Waals surface area contributed by atoms with Crippen LogP contribution in [-0.4, -0.2) is 88.0 Å². The number of halogens is 2. The topological polar surface area (TPSA) is 160 Å². The molecule has 3 rings (SSSR count). The number of hydrogen-bond acceptors (Lipinski definition) is 8. The van der Waals surface area contributed by atoms with E-state index in [4.69, 9.17) is 80.1 Å². The minimum atomic E-state index is -2.13. The number of hydrogen-bond donors (Lipinski definition) is 3. The zero-order valence-electron chi connectivity index (χ0n) is 17.8. The Kier molecular flexibility index (Phi) is 7.48. The maximum Gasteiger partial charge on any atom is 0.362 e. The van der Waals surface area contributed by atoms with Gasteiger partial charge in [0.15, 0.2) is 11.5 Å². The summed E-state index contributed by atoms with van der Waals surface area (Å²) in [6.45, 7) is 0. The van der Waals surface area contributed by atoms with Crippen molar-refractivity contribution in [1.82, 2.24) is 24.7 Å². The molecular weight excluding hydrogens is 506 g/mol. The van der Waals surface area contributed by atoms with Crippen LogP contribution in [0.25, 0.3) is 5.69 Å². The van der Waals surface area contributed by atoms with Crippen molar-refractivity contribution in [2.45, 2.75) is 16.1 Å². The third kappa shape index (κ3) is 5.67. The van der Waals surface area contributed by atoms with Crippen LogP contribution >= 0.6 is 23.2 Å². The van der Waals surface area contributed by atoms with Crippen LogP contribution in [-0.2, 0) is 0 Å². The third-order valence-electron chi connectivity index (χ3n) is 4.50. The highest BCUT2D eigenvalue weighted by Crippen LogP contribution is 2.48. The first-order chi connectivity index (χ1) is 16.5. The van der Waals surface area contributed by atoms with Crippen LogP contribution < -0.4 is 16.0 Å². The van der Waals surface area contributed by atoms with E-state index in [1.165, 1.54) is 0 Å². The largest absolute Gasteiger partial charge is 0.504 e. The van der Waals surface area contributed by atoms with Crippen molar-refractivity contribution in [3.8, 4) is 23.2 Å². The fraction of sp³-hybridized carbons (Fsp3) is 0.176. The summed E-state index contributed by atoms with van der Waals surface area (Å²) in [5.41, 5.74) is -3.69. The van der Waals surface area contributed by atoms with Crippen molar-refractivity contribution < 1.29 is 19.7 Å². The number of ether oxygens (including phenoxy) is 1. The van der Waals surface area contributed by atoms with Crippen molar-refractivity contribution >= 4 is 76.2 Å². The maximum absolute atomic E-state index is 12.1. The molecule has 0 atom stereocenters. The Hall–Kier alpha value is -3.05. The van der Waals surface area contributed by atoms with Crippen molar-refractivity contribution in [1.29, 1.82) is 0 Å². The minimum absolute atomic E-state index is 0.119. The van der Waals surface area contributed by atoms with Crippen LogP contribution in [0.1, 0.15) is 22.1 Å². The normalized spacial score (nSPS) is 12.0. The van der Waals surface area contributed by atoms with Crippen molar-refractivity contribution in [3.05, 3.63) is 60.6 Å². The molecule has 0 amide bonds. The second-order valence-corrected chi connectivity index (χ2v) is 8.34. The Labute approximate surface area is 220 Å². The van der Waals surface area contributed by atoms with Gasteiger partial charge < -0.3 is 14.9 Å². The fourth-order valence-electron chi connectivity index (χ4n) is 3.11. The Morgan fingerprint density at radius 2 is 1.64 bits per heavy atom. The van der Waals surface area contributed by atoms with Gasteiger partial charge in [0.25, 0.3) is 5.56 Å². The van der Waals surface area contributed by atoms with E-state index in [2.05, 4.69) is 15.1 Å². The lowest BCUT2D eigenvalue weighted by Gasteiger charge is -2.43. The molecule has 0 aliphatic rings. The molecule has 19 heteroatoms. The molecule has 2 heterocycles. The summed E-state index contributed by atoms with van der Waals surface area (Å²) in [7, 11) is 34.3. The molecule has 36 heavy (non-hydrogen) atoms. The third-order valence-corrected chi connectivity index (χ3v) is 5.06. The van der Waals surface area contributed by atoms with Gasteiger partial charge in [0.2, 0.25) is 5.69 Å². The summed E-state index contributed by atoms with van der Waals surface area (Å²) in [4.78, 5) is 44.5. The van der Waals surface area contributed by atoms with Crippen LogP contribution in [0, 0.1) is 0 Å². The number of benzene rings is 1. The highest BCUT2D eigenvalue weighted by atomic mass is 35.5. The monoisotopic (exact) mass is 513 g/mol.